The number of hydrogen-bond donors (Lipinski definition) is 3. The number of hydrogen-bond acceptors (Lipinski definition) is 9. The van der Waals surface area contributed by atoms with E-state index in [0.29, 0.717) is 12.2 Å². The number of imide groups is 2. The van der Waals surface area contributed by atoms with Crippen molar-refractivity contribution in [2.24, 2.45) is 5.92 Å². The molecule has 2 atom stereocenters. The number of aromatic nitrogens is 2. The molecule has 3 aliphatic heterocycles. The molecule has 4 heterocycles. The maximum absolute atomic E-state index is 12.5. The zero-order valence-electron chi connectivity index (χ0n) is 16.3. The average molecular weight is 422 g/mol. The topological polar surface area (TPSA) is 147 Å². The normalized spacial score (nSPS) is 23.4. The van der Waals surface area contributed by atoms with Gasteiger partial charge in [-0.1, -0.05) is 35.5 Å². The van der Waals surface area contributed by atoms with Gasteiger partial charge in [-0.15, -0.1) is 0 Å². The second-order valence-corrected chi connectivity index (χ2v) is 7.52. The first-order valence-electron chi connectivity index (χ1n) is 9.83. The van der Waals surface area contributed by atoms with Crippen LogP contribution >= 0.6 is 0 Å². The lowest BCUT2D eigenvalue weighted by atomic mass is 9.88. The highest BCUT2D eigenvalue weighted by molar-refractivity contribution is 6.19. The van der Waals surface area contributed by atoms with E-state index in [-0.39, 0.29) is 42.7 Å². The van der Waals surface area contributed by atoms with Gasteiger partial charge in [0.1, 0.15) is 11.4 Å². The molecule has 5 rings (SSSR count). The van der Waals surface area contributed by atoms with E-state index in [9.17, 15) is 19.2 Å². The van der Waals surface area contributed by atoms with Crippen molar-refractivity contribution in [1.82, 2.24) is 31.0 Å². The summed E-state index contributed by atoms with van der Waals surface area (Å²) in [5.74, 6) is -1.75. The summed E-state index contributed by atoms with van der Waals surface area (Å²) < 4.78 is 5.39. The maximum atomic E-state index is 12.5. The van der Waals surface area contributed by atoms with Crippen LogP contribution in [0.5, 0.6) is 0 Å². The Kier molecular flexibility index (Phi) is 4.50. The molecular formula is C20H18N6O5. The number of carbonyl (C=O) groups is 4. The standard InChI is InChI=1S/C20H18N6O5/c27-13-7-6-11(18(28)22-13)12-8-21-15-16(20(30)24-19(15)29)26(12)9-14-23-17(25-31-14)10-4-2-1-3-5-10/h1-5,11-12,21H,6-9H2,(H,22,27,28)(H,24,29,30). The third kappa shape index (κ3) is 3.33. The molecule has 3 N–H and O–H groups in total. The van der Waals surface area contributed by atoms with Gasteiger partial charge in [-0.05, 0) is 6.42 Å². The highest BCUT2D eigenvalue weighted by Gasteiger charge is 2.46. The van der Waals surface area contributed by atoms with Crippen LogP contribution in [0.15, 0.2) is 46.2 Å². The summed E-state index contributed by atoms with van der Waals surface area (Å²) in [5.41, 5.74) is 1.05. The van der Waals surface area contributed by atoms with Crippen LogP contribution in [0.25, 0.3) is 11.4 Å². The van der Waals surface area contributed by atoms with E-state index in [0.717, 1.165) is 5.56 Å². The molecule has 1 aromatic carbocycles. The predicted molar refractivity (Wildman–Crippen MR) is 103 cm³/mol. The fourth-order valence-electron chi connectivity index (χ4n) is 4.17. The highest BCUT2D eigenvalue weighted by Crippen LogP contribution is 2.31. The van der Waals surface area contributed by atoms with Crippen molar-refractivity contribution < 1.29 is 23.7 Å². The van der Waals surface area contributed by atoms with Gasteiger partial charge in [0.05, 0.1) is 18.5 Å². The van der Waals surface area contributed by atoms with Crippen molar-refractivity contribution in [3.63, 3.8) is 0 Å². The van der Waals surface area contributed by atoms with Gasteiger partial charge in [0, 0.05) is 18.5 Å². The Morgan fingerprint density at radius 2 is 1.87 bits per heavy atom. The fraction of sp³-hybridized carbons (Fsp3) is 0.300. The van der Waals surface area contributed by atoms with E-state index in [4.69, 9.17) is 4.52 Å². The molecule has 158 valence electrons. The number of rotatable bonds is 4. The van der Waals surface area contributed by atoms with E-state index in [2.05, 4.69) is 26.1 Å². The van der Waals surface area contributed by atoms with Crippen LogP contribution in [0, 0.1) is 5.92 Å². The second kappa shape index (κ2) is 7.35. The minimum atomic E-state index is -0.563. The first-order valence-corrected chi connectivity index (χ1v) is 9.83. The molecule has 2 unspecified atom stereocenters. The summed E-state index contributed by atoms with van der Waals surface area (Å²) in [4.78, 5) is 54.8. The lowest BCUT2D eigenvalue weighted by Gasteiger charge is -2.41. The number of carbonyl (C=O) groups excluding carboxylic acids is 4. The van der Waals surface area contributed by atoms with Crippen LogP contribution in [0.1, 0.15) is 18.7 Å². The van der Waals surface area contributed by atoms with Gasteiger partial charge in [-0.2, -0.15) is 4.98 Å². The molecule has 11 nitrogen and oxygen atoms in total. The van der Waals surface area contributed by atoms with E-state index in [1.165, 1.54) is 0 Å². The molecule has 1 fully saturated rings. The first-order chi connectivity index (χ1) is 15.0. The van der Waals surface area contributed by atoms with Crippen molar-refractivity contribution in [2.75, 3.05) is 6.54 Å². The quantitative estimate of drug-likeness (QED) is 0.551. The molecule has 0 saturated carbocycles. The lowest BCUT2D eigenvalue weighted by Crippen LogP contribution is -2.57. The zero-order chi connectivity index (χ0) is 21.5. The summed E-state index contributed by atoms with van der Waals surface area (Å²) in [6.07, 6.45) is 0.543. The Balaban J connectivity index is 1.48. The fourth-order valence-corrected chi connectivity index (χ4v) is 4.17. The summed E-state index contributed by atoms with van der Waals surface area (Å²) in [6, 6.07) is 8.78. The summed E-state index contributed by atoms with van der Waals surface area (Å²) in [7, 11) is 0. The maximum Gasteiger partial charge on any atom is 0.276 e. The van der Waals surface area contributed by atoms with Crippen LogP contribution < -0.4 is 16.0 Å². The molecule has 3 aliphatic rings. The van der Waals surface area contributed by atoms with Crippen molar-refractivity contribution in [3.8, 4) is 11.4 Å². The van der Waals surface area contributed by atoms with Crippen LogP contribution in [-0.2, 0) is 25.7 Å². The number of piperidine rings is 1. The van der Waals surface area contributed by atoms with E-state index < -0.39 is 29.7 Å². The lowest BCUT2D eigenvalue weighted by molar-refractivity contribution is -0.138. The van der Waals surface area contributed by atoms with Gasteiger partial charge >= 0.3 is 0 Å². The van der Waals surface area contributed by atoms with Crippen LogP contribution in [0.3, 0.4) is 0 Å². The largest absolute Gasteiger partial charge is 0.377 e. The van der Waals surface area contributed by atoms with E-state index in [1.807, 2.05) is 30.3 Å². The van der Waals surface area contributed by atoms with Gasteiger partial charge in [0.2, 0.25) is 23.5 Å². The van der Waals surface area contributed by atoms with Gasteiger partial charge in [-0.3, -0.25) is 29.8 Å². The molecule has 0 spiro atoms. The number of amides is 4. The zero-order valence-corrected chi connectivity index (χ0v) is 16.3. The molecule has 11 heteroatoms. The smallest absolute Gasteiger partial charge is 0.276 e. The molecule has 2 aromatic rings. The van der Waals surface area contributed by atoms with E-state index >= 15 is 0 Å². The number of benzene rings is 1. The molecule has 0 radical (unpaired) electrons. The van der Waals surface area contributed by atoms with Gasteiger partial charge < -0.3 is 14.7 Å². The molecule has 0 aliphatic carbocycles. The average Bonchev–Trinajstić information content (AvgIpc) is 3.34. The summed E-state index contributed by atoms with van der Waals surface area (Å²) in [6.45, 7) is 0.273. The molecule has 1 saturated heterocycles. The molecular weight excluding hydrogens is 404 g/mol. The predicted octanol–water partition coefficient (Wildman–Crippen LogP) is -0.569. The van der Waals surface area contributed by atoms with Crippen molar-refractivity contribution in [2.45, 2.75) is 25.4 Å². The van der Waals surface area contributed by atoms with Crippen LogP contribution in [0.4, 0.5) is 0 Å². The third-order valence-electron chi connectivity index (χ3n) is 5.63. The van der Waals surface area contributed by atoms with Crippen LogP contribution in [-0.4, -0.2) is 51.3 Å². The van der Waals surface area contributed by atoms with Crippen molar-refractivity contribution in [1.29, 1.82) is 0 Å². The first kappa shape index (κ1) is 19.0. The SMILES string of the molecule is O=C1CCC(C2CNC3=C(C(=O)NC3=O)N2Cc2nc(-c3ccccc3)no2)C(=O)N1. The Labute approximate surface area is 175 Å². The minimum Gasteiger partial charge on any atom is -0.377 e. The van der Waals surface area contributed by atoms with E-state index in [1.54, 1.807) is 4.90 Å². The second-order valence-electron chi connectivity index (χ2n) is 7.52. The monoisotopic (exact) mass is 422 g/mol. The highest BCUT2D eigenvalue weighted by atomic mass is 16.5. The summed E-state index contributed by atoms with van der Waals surface area (Å²) in [5, 5.41) is 11.6. The number of nitrogens with zero attached hydrogens (tertiary/aromatic N) is 3. The number of nitrogens with one attached hydrogen (secondary N) is 3. The summed E-state index contributed by atoms with van der Waals surface area (Å²) >= 11 is 0. The minimum absolute atomic E-state index is 0.0312. The van der Waals surface area contributed by atoms with Crippen LogP contribution in [0.2, 0.25) is 0 Å². The molecule has 4 amide bonds. The molecule has 31 heavy (non-hydrogen) atoms. The Bertz CT molecular complexity index is 1120. The third-order valence-corrected chi connectivity index (χ3v) is 5.63. The van der Waals surface area contributed by atoms with Crippen molar-refractivity contribution in [3.05, 3.63) is 47.6 Å². The molecule has 0 bridgehead atoms. The van der Waals surface area contributed by atoms with Gasteiger partial charge in [0.15, 0.2) is 0 Å². The Hall–Kier alpha value is -4.02. The van der Waals surface area contributed by atoms with Gasteiger partial charge in [-0.25, -0.2) is 0 Å². The van der Waals surface area contributed by atoms with Crippen molar-refractivity contribution >= 4 is 23.6 Å². The van der Waals surface area contributed by atoms with Gasteiger partial charge in [0.25, 0.3) is 11.8 Å². The Morgan fingerprint density at radius 3 is 2.65 bits per heavy atom. The Morgan fingerprint density at radius 1 is 1.06 bits per heavy atom. The molecule has 1 aromatic heterocycles.